The van der Waals surface area contributed by atoms with E-state index in [1.54, 1.807) is 13.1 Å². The smallest absolute Gasteiger partial charge is 0.140 e. The fourth-order valence-corrected chi connectivity index (χ4v) is 1.80. The van der Waals surface area contributed by atoms with Gasteiger partial charge in [0, 0.05) is 18.7 Å². The Balaban J connectivity index is 2.54. The Morgan fingerprint density at radius 3 is 2.75 bits per heavy atom. The Kier molecular flexibility index (Phi) is 3.79. The second-order valence-corrected chi connectivity index (χ2v) is 3.99. The summed E-state index contributed by atoms with van der Waals surface area (Å²) in [6.45, 7) is 0. The van der Waals surface area contributed by atoms with Crippen LogP contribution in [0.2, 0.25) is 0 Å². The van der Waals surface area contributed by atoms with Gasteiger partial charge in [-0.1, -0.05) is 0 Å². The molecule has 4 N–H and O–H groups in total. The molecule has 1 aromatic carbocycles. The van der Waals surface area contributed by atoms with Crippen molar-refractivity contribution in [3.8, 4) is 5.75 Å². The lowest BCUT2D eigenvalue weighted by Gasteiger charge is -2.12. The molecule has 0 radical (unpaired) electrons. The van der Waals surface area contributed by atoms with Crippen LogP contribution < -0.4 is 15.8 Å². The van der Waals surface area contributed by atoms with E-state index in [2.05, 4.69) is 15.3 Å². The van der Waals surface area contributed by atoms with Crippen molar-refractivity contribution in [1.82, 2.24) is 9.97 Å². The van der Waals surface area contributed by atoms with Crippen LogP contribution in [0.25, 0.3) is 0 Å². The molecule has 1 heterocycles. The largest absolute Gasteiger partial charge is 0.497 e. The summed E-state index contributed by atoms with van der Waals surface area (Å²) in [5.41, 5.74) is 6.46. The van der Waals surface area contributed by atoms with E-state index in [-0.39, 0.29) is 11.5 Å². The van der Waals surface area contributed by atoms with Gasteiger partial charge in [0.1, 0.15) is 29.5 Å². The first kappa shape index (κ1) is 13.7. The van der Waals surface area contributed by atoms with E-state index in [9.17, 15) is 4.39 Å². The number of benzene rings is 1. The standard InChI is InChI=1S/C13H14FN5O/c1-17-13-10(12(16)18-6-19-13)11(15)7-3-8(14)5-9(4-7)20-2/h3-6,15H,1-2H3,(H3,16,17,18,19). The Morgan fingerprint density at radius 2 is 2.10 bits per heavy atom. The molecule has 2 aromatic rings. The average Bonchev–Trinajstić information content (AvgIpc) is 2.45. The highest BCUT2D eigenvalue weighted by atomic mass is 19.1. The number of hydrogen-bond acceptors (Lipinski definition) is 6. The summed E-state index contributed by atoms with van der Waals surface area (Å²) in [7, 11) is 3.09. The minimum Gasteiger partial charge on any atom is -0.497 e. The zero-order valence-corrected chi connectivity index (χ0v) is 11.1. The van der Waals surface area contributed by atoms with Gasteiger partial charge >= 0.3 is 0 Å². The number of nitrogens with one attached hydrogen (secondary N) is 2. The lowest BCUT2D eigenvalue weighted by molar-refractivity contribution is 0.411. The van der Waals surface area contributed by atoms with Gasteiger partial charge in [0.05, 0.1) is 18.4 Å². The van der Waals surface area contributed by atoms with Crippen LogP contribution in [0, 0.1) is 11.2 Å². The lowest BCUT2D eigenvalue weighted by atomic mass is 10.0. The normalized spacial score (nSPS) is 10.2. The van der Waals surface area contributed by atoms with Crippen LogP contribution in [-0.2, 0) is 0 Å². The molecule has 0 fully saturated rings. The topological polar surface area (TPSA) is 96.9 Å². The SMILES string of the molecule is CNc1ncnc(N)c1C(=N)c1cc(F)cc(OC)c1. The van der Waals surface area contributed by atoms with Gasteiger partial charge in [-0.15, -0.1) is 0 Å². The molecule has 0 aliphatic carbocycles. The second kappa shape index (κ2) is 5.52. The van der Waals surface area contributed by atoms with Crippen molar-refractivity contribution in [1.29, 1.82) is 5.41 Å². The number of nitrogen functional groups attached to an aromatic ring is 1. The number of aromatic nitrogens is 2. The fraction of sp³-hybridized carbons (Fsp3) is 0.154. The Morgan fingerprint density at radius 1 is 1.35 bits per heavy atom. The molecule has 0 aliphatic rings. The highest BCUT2D eigenvalue weighted by Crippen LogP contribution is 2.24. The van der Waals surface area contributed by atoms with Crippen LogP contribution in [0.5, 0.6) is 5.75 Å². The van der Waals surface area contributed by atoms with Crippen LogP contribution in [0.15, 0.2) is 24.5 Å². The van der Waals surface area contributed by atoms with Crippen LogP contribution in [0.4, 0.5) is 16.0 Å². The molecular formula is C13H14FN5O. The van der Waals surface area contributed by atoms with Gasteiger partial charge < -0.3 is 15.8 Å². The average molecular weight is 275 g/mol. The number of ether oxygens (including phenoxy) is 1. The number of halogens is 1. The zero-order chi connectivity index (χ0) is 14.7. The Bertz CT molecular complexity index is 659. The van der Waals surface area contributed by atoms with E-state index in [1.165, 1.54) is 25.6 Å². The molecule has 0 amide bonds. The maximum atomic E-state index is 13.5. The van der Waals surface area contributed by atoms with Crippen molar-refractivity contribution < 1.29 is 9.13 Å². The third-order valence-electron chi connectivity index (χ3n) is 2.76. The minimum absolute atomic E-state index is 0.0188. The predicted molar refractivity (Wildman–Crippen MR) is 74.9 cm³/mol. The zero-order valence-electron chi connectivity index (χ0n) is 11.1. The molecule has 0 atom stereocenters. The molecular weight excluding hydrogens is 261 g/mol. The summed E-state index contributed by atoms with van der Waals surface area (Å²) in [4.78, 5) is 7.86. The number of anilines is 2. The maximum absolute atomic E-state index is 13.5. The van der Waals surface area contributed by atoms with Gasteiger partial charge in [-0.05, 0) is 12.1 Å². The molecule has 0 unspecified atom stereocenters. The molecule has 1 aromatic heterocycles. The van der Waals surface area contributed by atoms with Crippen LogP contribution in [0.3, 0.4) is 0 Å². The number of methoxy groups -OCH3 is 1. The number of nitrogens with zero attached hydrogens (tertiary/aromatic N) is 2. The first-order chi connectivity index (χ1) is 9.56. The van der Waals surface area contributed by atoms with Crippen molar-refractivity contribution in [2.75, 3.05) is 25.2 Å². The Hall–Kier alpha value is -2.70. The monoisotopic (exact) mass is 275 g/mol. The summed E-state index contributed by atoms with van der Waals surface area (Å²) in [5.74, 6) is 0.389. The highest BCUT2D eigenvalue weighted by Gasteiger charge is 2.16. The summed E-state index contributed by atoms with van der Waals surface area (Å²) >= 11 is 0. The number of hydrogen-bond donors (Lipinski definition) is 3. The lowest BCUT2D eigenvalue weighted by Crippen LogP contribution is -2.12. The van der Waals surface area contributed by atoms with E-state index in [0.29, 0.717) is 22.7 Å². The number of nitrogens with two attached hydrogens (primary N) is 1. The maximum Gasteiger partial charge on any atom is 0.140 e. The second-order valence-electron chi connectivity index (χ2n) is 3.99. The van der Waals surface area contributed by atoms with Crippen molar-refractivity contribution in [3.63, 3.8) is 0 Å². The van der Waals surface area contributed by atoms with Gasteiger partial charge in [0.25, 0.3) is 0 Å². The molecule has 0 saturated carbocycles. The van der Waals surface area contributed by atoms with Crippen molar-refractivity contribution >= 4 is 17.3 Å². The van der Waals surface area contributed by atoms with Gasteiger partial charge in [-0.2, -0.15) is 0 Å². The van der Waals surface area contributed by atoms with Crippen LogP contribution in [-0.4, -0.2) is 29.8 Å². The summed E-state index contributed by atoms with van der Waals surface area (Å²) < 4.78 is 18.5. The van der Waals surface area contributed by atoms with E-state index in [1.807, 2.05) is 0 Å². The van der Waals surface area contributed by atoms with Gasteiger partial charge in [0.2, 0.25) is 0 Å². The Labute approximate surface area is 115 Å². The van der Waals surface area contributed by atoms with Crippen LogP contribution in [0.1, 0.15) is 11.1 Å². The molecule has 0 bridgehead atoms. The molecule has 7 heteroatoms. The molecule has 6 nitrogen and oxygen atoms in total. The first-order valence-electron chi connectivity index (χ1n) is 5.79. The van der Waals surface area contributed by atoms with Crippen molar-refractivity contribution in [3.05, 3.63) is 41.5 Å². The minimum atomic E-state index is -0.495. The third kappa shape index (κ3) is 2.51. The molecule has 0 spiro atoms. The van der Waals surface area contributed by atoms with E-state index < -0.39 is 5.82 Å². The summed E-state index contributed by atoms with van der Waals surface area (Å²) in [6, 6.07) is 4.02. The molecule has 2 rings (SSSR count). The molecule has 20 heavy (non-hydrogen) atoms. The molecule has 104 valence electrons. The van der Waals surface area contributed by atoms with Crippen molar-refractivity contribution in [2.24, 2.45) is 0 Å². The first-order valence-corrected chi connectivity index (χ1v) is 5.79. The fourth-order valence-electron chi connectivity index (χ4n) is 1.80. The third-order valence-corrected chi connectivity index (χ3v) is 2.76. The van der Waals surface area contributed by atoms with E-state index in [4.69, 9.17) is 15.9 Å². The number of rotatable bonds is 4. The highest BCUT2D eigenvalue weighted by molar-refractivity contribution is 6.16. The summed E-state index contributed by atoms with van der Waals surface area (Å²) in [6.07, 6.45) is 1.30. The quantitative estimate of drug-likeness (QED) is 0.737. The van der Waals surface area contributed by atoms with E-state index >= 15 is 0 Å². The van der Waals surface area contributed by atoms with Crippen LogP contribution >= 0.6 is 0 Å². The molecule has 0 aliphatic heterocycles. The van der Waals surface area contributed by atoms with E-state index in [0.717, 1.165) is 0 Å². The summed E-state index contributed by atoms with van der Waals surface area (Å²) in [5, 5.41) is 11.0. The van der Waals surface area contributed by atoms with Gasteiger partial charge in [-0.25, -0.2) is 14.4 Å². The van der Waals surface area contributed by atoms with Gasteiger partial charge in [0.15, 0.2) is 0 Å². The predicted octanol–water partition coefficient (Wildman–Crippen LogP) is 1.66. The van der Waals surface area contributed by atoms with Gasteiger partial charge in [-0.3, -0.25) is 5.41 Å². The molecule has 0 saturated heterocycles. The van der Waals surface area contributed by atoms with Crippen molar-refractivity contribution in [2.45, 2.75) is 0 Å².